The van der Waals surface area contributed by atoms with Crippen molar-refractivity contribution in [2.24, 2.45) is 0 Å². The molecule has 184 valence electrons. The zero-order chi connectivity index (χ0) is 25.5. The normalized spacial score (nSPS) is 14.3. The molecule has 2 aromatic heterocycles. The average Bonchev–Trinajstić information content (AvgIpc) is 3.32. The summed E-state index contributed by atoms with van der Waals surface area (Å²) < 4.78 is 2.27. The molecule has 6 rings (SSSR count). The minimum Gasteiger partial charge on any atom is -0.478 e. The highest BCUT2D eigenvalue weighted by atomic mass is 16.6. The second kappa shape index (κ2) is 9.13. The second-order valence-corrected chi connectivity index (χ2v) is 9.48. The first-order chi connectivity index (χ1) is 18.0. The number of rotatable bonds is 5. The number of aromatic carboxylic acids is 1. The predicted molar refractivity (Wildman–Crippen MR) is 142 cm³/mol. The van der Waals surface area contributed by atoms with E-state index in [2.05, 4.69) is 4.57 Å². The molecule has 0 radical (unpaired) electrons. The zero-order valence-corrected chi connectivity index (χ0v) is 20.0. The summed E-state index contributed by atoms with van der Waals surface area (Å²) in [4.78, 5) is 32.3. The fourth-order valence-electron chi connectivity index (χ4n) is 5.41. The molecule has 0 atom stereocenters. The van der Waals surface area contributed by atoms with Crippen molar-refractivity contribution in [3.8, 4) is 22.6 Å². The molecule has 0 bridgehead atoms. The Hall–Kier alpha value is -4.59. The molecule has 1 aliphatic carbocycles. The summed E-state index contributed by atoms with van der Waals surface area (Å²) in [7, 11) is 0. The second-order valence-electron chi connectivity index (χ2n) is 9.48. The number of para-hydroxylation sites is 1. The van der Waals surface area contributed by atoms with Gasteiger partial charge in [0.2, 0.25) is 0 Å². The molecule has 8 nitrogen and oxygen atoms in total. The number of carboxylic acid groups (broad SMARTS) is 1. The van der Waals surface area contributed by atoms with Gasteiger partial charge in [-0.25, -0.2) is 14.8 Å². The minimum atomic E-state index is -0.970. The van der Waals surface area contributed by atoms with Gasteiger partial charge in [0.25, 0.3) is 5.69 Å². The maximum absolute atomic E-state index is 11.6. The third-order valence-electron chi connectivity index (χ3n) is 7.20. The van der Waals surface area contributed by atoms with Crippen molar-refractivity contribution in [1.82, 2.24) is 14.5 Å². The summed E-state index contributed by atoms with van der Waals surface area (Å²) in [5.74, 6) is -0.156. The third-order valence-corrected chi connectivity index (χ3v) is 7.20. The van der Waals surface area contributed by atoms with E-state index in [-0.39, 0.29) is 11.3 Å². The van der Waals surface area contributed by atoms with Crippen LogP contribution in [0.3, 0.4) is 0 Å². The minimum absolute atomic E-state index is 0.0212. The molecule has 0 saturated heterocycles. The topological polar surface area (TPSA) is 111 Å². The van der Waals surface area contributed by atoms with Crippen LogP contribution in [-0.4, -0.2) is 30.5 Å². The summed E-state index contributed by atoms with van der Waals surface area (Å²) in [5.41, 5.74) is 4.53. The largest absolute Gasteiger partial charge is 0.478 e. The van der Waals surface area contributed by atoms with Crippen molar-refractivity contribution in [2.75, 3.05) is 0 Å². The predicted octanol–water partition coefficient (Wildman–Crippen LogP) is 7.03. The Morgan fingerprint density at radius 2 is 1.73 bits per heavy atom. The van der Waals surface area contributed by atoms with E-state index >= 15 is 0 Å². The molecule has 5 aromatic rings. The Morgan fingerprint density at radius 3 is 2.51 bits per heavy atom. The van der Waals surface area contributed by atoms with Gasteiger partial charge >= 0.3 is 5.97 Å². The number of carbonyl (C=O) groups is 1. The highest BCUT2D eigenvalue weighted by Crippen LogP contribution is 2.37. The van der Waals surface area contributed by atoms with Crippen LogP contribution in [-0.2, 0) is 0 Å². The number of aromatic nitrogens is 3. The summed E-state index contributed by atoms with van der Waals surface area (Å²) in [6.07, 6.45) is 5.67. The molecule has 2 heterocycles. The molecule has 1 fully saturated rings. The molecule has 3 aromatic carbocycles. The first-order valence-electron chi connectivity index (χ1n) is 12.4. The summed E-state index contributed by atoms with van der Waals surface area (Å²) in [6, 6.07) is 21.7. The van der Waals surface area contributed by atoms with Gasteiger partial charge in [0.15, 0.2) is 0 Å². The van der Waals surface area contributed by atoms with E-state index < -0.39 is 10.9 Å². The van der Waals surface area contributed by atoms with Gasteiger partial charge in [-0.15, -0.1) is 0 Å². The van der Waals surface area contributed by atoms with Gasteiger partial charge in [-0.2, -0.15) is 0 Å². The highest BCUT2D eigenvalue weighted by molar-refractivity contribution is 5.94. The van der Waals surface area contributed by atoms with Crippen molar-refractivity contribution in [2.45, 2.75) is 38.1 Å². The number of nitro groups is 1. The monoisotopic (exact) mass is 492 g/mol. The number of fused-ring (bicyclic) bond motifs is 2. The number of nitrogens with zero attached hydrogens (tertiary/aromatic N) is 4. The van der Waals surface area contributed by atoms with Crippen molar-refractivity contribution in [3.63, 3.8) is 0 Å². The number of pyridine rings is 1. The molecule has 1 saturated carbocycles. The molecule has 8 heteroatoms. The van der Waals surface area contributed by atoms with Crippen LogP contribution in [0.5, 0.6) is 0 Å². The lowest BCUT2D eigenvalue weighted by molar-refractivity contribution is -0.384. The van der Waals surface area contributed by atoms with E-state index in [1.165, 1.54) is 12.5 Å². The molecule has 0 spiro atoms. The number of benzene rings is 3. The number of hydrogen-bond acceptors (Lipinski definition) is 5. The van der Waals surface area contributed by atoms with Crippen molar-refractivity contribution in [1.29, 1.82) is 0 Å². The van der Waals surface area contributed by atoms with Crippen LogP contribution >= 0.6 is 0 Å². The summed E-state index contributed by atoms with van der Waals surface area (Å²) in [5, 5.41) is 21.9. The summed E-state index contributed by atoms with van der Waals surface area (Å²) in [6.45, 7) is 0. The maximum atomic E-state index is 11.6. The molecular weight excluding hydrogens is 468 g/mol. The van der Waals surface area contributed by atoms with E-state index in [1.54, 1.807) is 36.4 Å². The zero-order valence-electron chi connectivity index (χ0n) is 20.0. The molecular formula is C29H24N4O4. The quantitative estimate of drug-likeness (QED) is 0.208. The van der Waals surface area contributed by atoms with Crippen molar-refractivity contribution >= 4 is 33.6 Å². The number of hydrogen-bond donors (Lipinski definition) is 1. The van der Waals surface area contributed by atoms with Gasteiger partial charge in [0.05, 0.1) is 38.3 Å². The van der Waals surface area contributed by atoms with Crippen LogP contribution in [0.4, 0.5) is 5.69 Å². The highest BCUT2D eigenvalue weighted by Gasteiger charge is 2.23. The van der Waals surface area contributed by atoms with Gasteiger partial charge in [0.1, 0.15) is 5.82 Å². The van der Waals surface area contributed by atoms with E-state index in [1.807, 2.05) is 30.3 Å². The van der Waals surface area contributed by atoms with Gasteiger partial charge < -0.3 is 9.67 Å². The first kappa shape index (κ1) is 22.8. The van der Waals surface area contributed by atoms with Crippen LogP contribution in [0.15, 0.2) is 72.8 Å². The Kier molecular flexibility index (Phi) is 5.64. The van der Waals surface area contributed by atoms with Gasteiger partial charge in [0, 0.05) is 23.1 Å². The van der Waals surface area contributed by atoms with Gasteiger partial charge in [-0.3, -0.25) is 10.1 Å². The molecule has 0 aliphatic heterocycles. The SMILES string of the molecule is O=C(O)c1ccc2c(c1)nc(-c1ccc3nc(-c4ccccc4[N+](=O)[O-])ccc3c1)n2C1CCCCC1. The van der Waals surface area contributed by atoms with Crippen LogP contribution in [0.25, 0.3) is 44.6 Å². The smallest absolute Gasteiger partial charge is 0.335 e. The average molecular weight is 493 g/mol. The van der Waals surface area contributed by atoms with Crippen LogP contribution in [0.1, 0.15) is 48.5 Å². The first-order valence-corrected chi connectivity index (χ1v) is 12.4. The Balaban J connectivity index is 1.47. The van der Waals surface area contributed by atoms with E-state index in [0.29, 0.717) is 22.8 Å². The van der Waals surface area contributed by atoms with E-state index in [9.17, 15) is 20.0 Å². The lowest BCUT2D eigenvalue weighted by Crippen LogP contribution is -2.14. The van der Waals surface area contributed by atoms with E-state index in [4.69, 9.17) is 9.97 Å². The fourth-order valence-corrected chi connectivity index (χ4v) is 5.41. The van der Waals surface area contributed by atoms with Crippen molar-refractivity contribution < 1.29 is 14.8 Å². The van der Waals surface area contributed by atoms with Gasteiger partial charge in [-0.05, 0) is 61.4 Å². The lowest BCUT2D eigenvalue weighted by Gasteiger charge is -2.25. The number of imidazole rings is 1. The third kappa shape index (κ3) is 4.10. The van der Waals surface area contributed by atoms with Gasteiger partial charge in [-0.1, -0.05) is 37.5 Å². The van der Waals surface area contributed by atoms with Crippen LogP contribution < -0.4 is 0 Å². The molecule has 0 unspecified atom stereocenters. The van der Waals surface area contributed by atoms with Crippen molar-refractivity contribution in [3.05, 3.63) is 88.5 Å². The lowest BCUT2D eigenvalue weighted by atomic mass is 9.94. The Labute approximate surface area is 212 Å². The maximum Gasteiger partial charge on any atom is 0.335 e. The Morgan fingerprint density at radius 1 is 0.919 bits per heavy atom. The standard InChI is InChI=1S/C29H24N4O4/c34-29(35)20-12-15-27-25(17-20)31-28(32(27)21-6-2-1-3-7-21)19-11-13-23-18(16-19)10-14-24(30-23)22-8-4-5-9-26(22)33(36)37/h4-5,8-17,21H,1-3,6-7H2,(H,34,35). The number of carboxylic acids is 1. The molecule has 1 N–H and O–H groups in total. The molecule has 1 aliphatic rings. The number of nitro benzene ring substituents is 1. The molecule has 37 heavy (non-hydrogen) atoms. The van der Waals surface area contributed by atoms with Crippen LogP contribution in [0.2, 0.25) is 0 Å². The van der Waals surface area contributed by atoms with Crippen LogP contribution in [0, 0.1) is 10.1 Å². The fraction of sp³-hybridized carbons (Fsp3) is 0.207. The van der Waals surface area contributed by atoms with E-state index in [0.717, 1.165) is 53.5 Å². The Bertz CT molecular complexity index is 1680. The summed E-state index contributed by atoms with van der Waals surface area (Å²) >= 11 is 0. The molecule has 0 amide bonds.